The number of nitrogens with one attached hydrogen (secondary N) is 2. The van der Waals surface area contributed by atoms with Crippen LogP contribution in [0.1, 0.15) is 12.0 Å². The summed E-state index contributed by atoms with van der Waals surface area (Å²) in [5, 5.41) is 4.86. The van der Waals surface area contributed by atoms with Crippen molar-refractivity contribution in [2.45, 2.75) is 12.8 Å². The lowest BCUT2D eigenvalue weighted by Crippen LogP contribution is -2.25. The highest BCUT2D eigenvalue weighted by Gasteiger charge is 2.03. The number of halogens is 1. The van der Waals surface area contributed by atoms with E-state index in [1.165, 1.54) is 10.9 Å². The summed E-state index contributed by atoms with van der Waals surface area (Å²) >= 11 is 3.25. The van der Waals surface area contributed by atoms with E-state index in [0.29, 0.717) is 18.3 Å². The molecule has 17 heavy (non-hydrogen) atoms. The monoisotopic (exact) mass is 294 g/mol. The number of hydrogen-bond donors (Lipinski definition) is 2. The van der Waals surface area contributed by atoms with Gasteiger partial charge in [0.2, 0.25) is 5.91 Å². The Labute approximate surface area is 109 Å². The maximum Gasteiger partial charge on any atom is 0.220 e. The van der Waals surface area contributed by atoms with Gasteiger partial charge in [0.25, 0.3) is 0 Å². The summed E-state index contributed by atoms with van der Waals surface area (Å²) in [6.45, 7) is 0.688. The number of amides is 1. The first-order valence-corrected chi connectivity index (χ1v) is 6.81. The molecule has 0 fully saturated rings. The number of carbonyl (C=O) groups is 1. The lowest BCUT2D eigenvalue weighted by molar-refractivity contribution is -0.120. The molecule has 0 unspecified atom stereocenters. The quantitative estimate of drug-likeness (QED) is 0.818. The van der Waals surface area contributed by atoms with Crippen LogP contribution in [0.25, 0.3) is 10.9 Å². The molecule has 0 atom stereocenters. The SMILES string of the molecule is O=C(CCBr)NCCc1c[nH]c2ccccc12. The number of alkyl halides is 1. The molecule has 0 radical (unpaired) electrons. The second-order valence-electron chi connectivity index (χ2n) is 3.90. The van der Waals surface area contributed by atoms with Crippen LogP contribution < -0.4 is 5.32 Å². The van der Waals surface area contributed by atoms with E-state index >= 15 is 0 Å². The minimum absolute atomic E-state index is 0.0988. The number of rotatable bonds is 5. The number of aromatic nitrogens is 1. The third-order valence-electron chi connectivity index (χ3n) is 2.71. The summed E-state index contributed by atoms with van der Waals surface area (Å²) < 4.78 is 0. The highest BCUT2D eigenvalue weighted by molar-refractivity contribution is 9.09. The molecule has 0 bridgehead atoms. The lowest BCUT2D eigenvalue weighted by atomic mass is 10.1. The molecule has 0 saturated carbocycles. The third-order valence-corrected chi connectivity index (χ3v) is 3.11. The summed E-state index contributed by atoms with van der Waals surface area (Å²) in [6, 6.07) is 8.20. The predicted octanol–water partition coefficient (Wildman–Crippen LogP) is 2.61. The highest BCUT2D eigenvalue weighted by atomic mass is 79.9. The number of hydrogen-bond acceptors (Lipinski definition) is 1. The molecule has 90 valence electrons. The Morgan fingerprint density at radius 3 is 3.00 bits per heavy atom. The molecule has 0 aliphatic heterocycles. The van der Waals surface area contributed by atoms with Crippen molar-refractivity contribution in [1.29, 1.82) is 0 Å². The second kappa shape index (κ2) is 5.87. The zero-order chi connectivity index (χ0) is 12.1. The van der Waals surface area contributed by atoms with Crippen molar-refractivity contribution in [2.75, 3.05) is 11.9 Å². The molecule has 2 N–H and O–H groups in total. The Balaban J connectivity index is 1.93. The fraction of sp³-hybridized carbons (Fsp3) is 0.308. The molecule has 1 heterocycles. The largest absolute Gasteiger partial charge is 0.361 e. The molecule has 1 amide bonds. The van der Waals surface area contributed by atoms with Gasteiger partial charge >= 0.3 is 0 Å². The maximum absolute atomic E-state index is 11.3. The molecular weight excluding hydrogens is 280 g/mol. The van der Waals surface area contributed by atoms with E-state index < -0.39 is 0 Å². The first-order valence-electron chi connectivity index (χ1n) is 5.69. The Bertz CT molecular complexity index is 507. The van der Waals surface area contributed by atoms with Crippen LogP contribution in [-0.4, -0.2) is 22.8 Å². The molecule has 0 saturated heterocycles. The van der Waals surface area contributed by atoms with Crippen molar-refractivity contribution in [2.24, 2.45) is 0 Å². The average Bonchev–Trinajstić information content (AvgIpc) is 2.73. The van der Waals surface area contributed by atoms with E-state index in [2.05, 4.69) is 38.4 Å². The zero-order valence-electron chi connectivity index (χ0n) is 9.50. The average molecular weight is 295 g/mol. The van der Waals surface area contributed by atoms with Gasteiger partial charge in [-0.15, -0.1) is 0 Å². The van der Waals surface area contributed by atoms with Crippen LogP contribution >= 0.6 is 15.9 Å². The van der Waals surface area contributed by atoms with Gasteiger partial charge in [-0.05, 0) is 18.1 Å². The number of carbonyl (C=O) groups excluding carboxylic acids is 1. The smallest absolute Gasteiger partial charge is 0.220 e. The van der Waals surface area contributed by atoms with Crippen molar-refractivity contribution >= 4 is 32.7 Å². The van der Waals surface area contributed by atoms with E-state index in [0.717, 1.165) is 11.9 Å². The van der Waals surface area contributed by atoms with E-state index in [1.54, 1.807) is 0 Å². The summed E-state index contributed by atoms with van der Waals surface area (Å²) in [5.41, 5.74) is 2.40. The Morgan fingerprint density at radius 2 is 2.18 bits per heavy atom. The number of aromatic amines is 1. The van der Waals surface area contributed by atoms with E-state index in [4.69, 9.17) is 0 Å². The highest BCUT2D eigenvalue weighted by Crippen LogP contribution is 2.17. The van der Waals surface area contributed by atoms with E-state index in [1.807, 2.05) is 18.3 Å². The zero-order valence-corrected chi connectivity index (χ0v) is 11.1. The molecule has 1 aromatic carbocycles. The number of para-hydroxylation sites is 1. The van der Waals surface area contributed by atoms with Crippen LogP contribution in [0.4, 0.5) is 0 Å². The van der Waals surface area contributed by atoms with Gasteiger partial charge in [-0.25, -0.2) is 0 Å². The van der Waals surface area contributed by atoms with Crippen molar-refractivity contribution in [3.05, 3.63) is 36.0 Å². The van der Waals surface area contributed by atoms with Crippen LogP contribution in [0.5, 0.6) is 0 Å². The van der Waals surface area contributed by atoms with E-state index in [9.17, 15) is 4.79 Å². The van der Waals surface area contributed by atoms with Crippen LogP contribution in [0.3, 0.4) is 0 Å². The Morgan fingerprint density at radius 1 is 1.35 bits per heavy atom. The normalized spacial score (nSPS) is 10.6. The summed E-state index contributed by atoms with van der Waals surface area (Å²) in [6.07, 6.45) is 3.41. The molecule has 0 aliphatic rings. The van der Waals surface area contributed by atoms with Crippen LogP contribution in [-0.2, 0) is 11.2 Å². The first-order chi connectivity index (χ1) is 8.31. The van der Waals surface area contributed by atoms with Gasteiger partial charge < -0.3 is 10.3 Å². The molecule has 4 heteroatoms. The predicted molar refractivity (Wildman–Crippen MR) is 73.4 cm³/mol. The van der Waals surface area contributed by atoms with Gasteiger partial charge in [-0.2, -0.15) is 0 Å². The summed E-state index contributed by atoms with van der Waals surface area (Å²) in [7, 11) is 0. The minimum Gasteiger partial charge on any atom is -0.361 e. The summed E-state index contributed by atoms with van der Waals surface area (Å²) in [4.78, 5) is 14.5. The molecule has 3 nitrogen and oxygen atoms in total. The first kappa shape index (κ1) is 12.2. The van der Waals surface area contributed by atoms with Gasteiger partial charge in [-0.3, -0.25) is 4.79 Å². The topological polar surface area (TPSA) is 44.9 Å². The molecule has 0 aliphatic carbocycles. The van der Waals surface area contributed by atoms with Crippen molar-refractivity contribution in [3.8, 4) is 0 Å². The van der Waals surface area contributed by atoms with Gasteiger partial charge in [0, 0.05) is 35.4 Å². The number of benzene rings is 1. The maximum atomic E-state index is 11.3. The van der Waals surface area contributed by atoms with E-state index in [-0.39, 0.29) is 5.91 Å². The van der Waals surface area contributed by atoms with Gasteiger partial charge in [-0.1, -0.05) is 34.1 Å². The fourth-order valence-electron chi connectivity index (χ4n) is 1.85. The Kier molecular flexibility index (Phi) is 4.20. The summed E-state index contributed by atoms with van der Waals surface area (Å²) in [5.74, 6) is 0.0988. The molecule has 2 rings (SSSR count). The standard InChI is InChI=1S/C13H15BrN2O/c14-7-5-13(17)15-8-6-10-9-16-12-4-2-1-3-11(10)12/h1-4,9,16H,5-8H2,(H,15,17). The van der Waals surface area contributed by atoms with Crippen LogP contribution in [0.2, 0.25) is 0 Å². The van der Waals surface area contributed by atoms with Crippen molar-refractivity contribution in [3.63, 3.8) is 0 Å². The second-order valence-corrected chi connectivity index (χ2v) is 4.69. The minimum atomic E-state index is 0.0988. The lowest BCUT2D eigenvalue weighted by Gasteiger charge is -2.03. The van der Waals surface area contributed by atoms with Crippen LogP contribution in [0.15, 0.2) is 30.5 Å². The number of H-pyrrole nitrogens is 1. The third kappa shape index (κ3) is 3.09. The number of fused-ring (bicyclic) bond motifs is 1. The molecule has 2 aromatic rings. The van der Waals surface area contributed by atoms with Gasteiger partial charge in [0.1, 0.15) is 0 Å². The van der Waals surface area contributed by atoms with Crippen molar-refractivity contribution < 1.29 is 4.79 Å². The van der Waals surface area contributed by atoms with Crippen LogP contribution in [0, 0.1) is 0 Å². The van der Waals surface area contributed by atoms with Gasteiger partial charge in [0.15, 0.2) is 0 Å². The molecule has 0 spiro atoms. The fourth-order valence-corrected chi connectivity index (χ4v) is 2.21. The Hall–Kier alpha value is -1.29. The van der Waals surface area contributed by atoms with Crippen molar-refractivity contribution in [1.82, 2.24) is 10.3 Å². The molecule has 1 aromatic heterocycles. The van der Waals surface area contributed by atoms with Gasteiger partial charge in [0.05, 0.1) is 0 Å². The molecular formula is C13H15BrN2O.